The molecule has 4 heteroatoms. The third-order valence-electron chi connectivity index (χ3n) is 9.07. The molecule has 3 fully saturated rings. The summed E-state index contributed by atoms with van der Waals surface area (Å²) in [5.41, 5.74) is 1.66. The Morgan fingerprint density at radius 2 is 1.93 bits per heavy atom. The SMILES string of the molecule is CC1C[C@]12C[C@H](O)C1C(CCC3=CC(O)CC[C@@]31C)C2CCC(O)CCO. The van der Waals surface area contributed by atoms with Gasteiger partial charge in [0.25, 0.3) is 0 Å². The smallest absolute Gasteiger partial charge is 0.0724 e. The van der Waals surface area contributed by atoms with Crippen molar-refractivity contribution in [3.05, 3.63) is 11.6 Å². The minimum atomic E-state index is -0.411. The highest BCUT2D eigenvalue weighted by Crippen LogP contribution is 2.71. The number of fused-ring (bicyclic) bond motifs is 3. The van der Waals surface area contributed by atoms with Crippen molar-refractivity contribution in [1.82, 2.24) is 0 Å². The zero-order valence-electron chi connectivity index (χ0n) is 17.0. The Balaban J connectivity index is 1.60. The minimum Gasteiger partial charge on any atom is -0.396 e. The topological polar surface area (TPSA) is 80.9 Å². The van der Waals surface area contributed by atoms with E-state index in [-0.39, 0.29) is 35.6 Å². The van der Waals surface area contributed by atoms with Crippen molar-refractivity contribution in [3.63, 3.8) is 0 Å². The molecule has 0 aromatic carbocycles. The summed E-state index contributed by atoms with van der Waals surface area (Å²) < 4.78 is 0. The van der Waals surface area contributed by atoms with Crippen LogP contribution in [0.1, 0.15) is 71.6 Å². The highest BCUT2D eigenvalue weighted by molar-refractivity contribution is 5.27. The van der Waals surface area contributed by atoms with Crippen LogP contribution >= 0.6 is 0 Å². The Kier molecular flexibility index (Phi) is 5.24. The second-order valence-corrected chi connectivity index (χ2v) is 10.4. The molecule has 0 aromatic rings. The molecule has 4 nitrogen and oxygen atoms in total. The van der Waals surface area contributed by atoms with E-state index in [0.29, 0.717) is 24.2 Å². The van der Waals surface area contributed by atoms with Crippen molar-refractivity contribution >= 4 is 0 Å². The third kappa shape index (κ3) is 3.21. The Hall–Kier alpha value is -0.420. The molecule has 9 atom stereocenters. The fourth-order valence-electron chi connectivity index (χ4n) is 7.57. The Morgan fingerprint density at radius 3 is 2.59 bits per heavy atom. The van der Waals surface area contributed by atoms with Crippen molar-refractivity contribution in [3.8, 4) is 0 Å². The average molecular weight is 379 g/mol. The molecule has 4 aliphatic rings. The van der Waals surface area contributed by atoms with E-state index in [1.165, 1.54) is 12.0 Å². The van der Waals surface area contributed by atoms with E-state index in [9.17, 15) is 15.3 Å². The Morgan fingerprint density at radius 1 is 1.19 bits per heavy atom. The predicted octanol–water partition coefficient (Wildman–Crippen LogP) is 3.03. The molecule has 0 aromatic heterocycles. The van der Waals surface area contributed by atoms with Gasteiger partial charge in [-0.25, -0.2) is 0 Å². The van der Waals surface area contributed by atoms with E-state index in [0.717, 1.165) is 44.9 Å². The molecular weight excluding hydrogens is 340 g/mol. The number of allylic oxidation sites excluding steroid dienone is 1. The van der Waals surface area contributed by atoms with Crippen LogP contribution in [-0.2, 0) is 0 Å². The number of hydrogen-bond acceptors (Lipinski definition) is 4. The van der Waals surface area contributed by atoms with Gasteiger partial charge in [-0.15, -0.1) is 0 Å². The Bertz CT molecular complexity index is 589. The largest absolute Gasteiger partial charge is 0.396 e. The van der Waals surface area contributed by atoms with Gasteiger partial charge in [-0.1, -0.05) is 25.5 Å². The molecule has 0 aliphatic heterocycles. The number of rotatable bonds is 5. The molecule has 1 spiro atoms. The summed E-state index contributed by atoms with van der Waals surface area (Å²) in [6, 6.07) is 0. The summed E-state index contributed by atoms with van der Waals surface area (Å²) in [5.74, 6) is 2.03. The molecule has 4 aliphatic carbocycles. The lowest BCUT2D eigenvalue weighted by molar-refractivity contribution is -0.115. The van der Waals surface area contributed by atoms with Crippen LogP contribution in [0.4, 0.5) is 0 Å². The van der Waals surface area contributed by atoms with Crippen molar-refractivity contribution in [2.75, 3.05) is 6.61 Å². The molecular formula is C23H38O4. The van der Waals surface area contributed by atoms with Crippen molar-refractivity contribution in [2.45, 2.75) is 89.9 Å². The van der Waals surface area contributed by atoms with Crippen LogP contribution in [0.2, 0.25) is 0 Å². The lowest BCUT2D eigenvalue weighted by Gasteiger charge is -2.58. The van der Waals surface area contributed by atoms with E-state index in [1.54, 1.807) is 0 Å². The van der Waals surface area contributed by atoms with Gasteiger partial charge in [0.2, 0.25) is 0 Å². The number of aliphatic hydroxyl groups is 4. The summed E-state index contributed by atoms with van der Waals surface area (Å²) in [6.45, 7) is 4.71. The van der Waals surface area contributed by atoms with E-state index in [2.05, 4.69) is 19.9 Å². The van der Waals surface area contributed by atoms with Gasteiger partial charge in [-0.2, -0.15) is 0 Å². The van der Waals surface area contributed by atoms with Gasteiger partial charge < -0.3 is 20.4 Å². The van der Waals surface area contributed by atoms with Gasteiger partial charge in [-0.05, 0) is 92.3 Å². The maximum absolute atomic E-state index is 11.3. The molecule has 0 amide bonds. The van der Waals surface area contributed by atoms with Gasteiger partial charge in [-0.3, -0.25) is 0 Å². The quantitative estimate of drug-likeness (QED) is 0.554. The van der Waals surface area contributed by atoms with Crippen LogP contribution in [0.3, 0.4) is 0 Å². The molecule has 0 saturated heterocycles. The third-order valence-corrected chi connectivity index (χ3v) is 9.07. The summed E-state index contributed by atoms with van der Waals surface area (Å²) >= 11 is 0. The molecule has 4 N–H and O–H groups in total. The standard InChI is InChI=1S/C23H38O4/c1-14-12-23(14)13-20(27)21-18(19(23)6-4-16(25)8-10-24)5-3-15-11-17(26)7-9-22(15,21)2/h11,14,16-21,24-27H,3-10,12-13H2,1-2H3/t14?,16?,17?,18?,19?,20-,21?,22-,23-/m0/s1. The summed E-state index contributed by atoms with van der Waals surface area (Å²) in [6.07, 6.45) is 9.38. The van der Waals surface area contributed by atoms with E-state index >= 15 is 0 Å². The van der Waals surface area contributed by atoms with Gasteiger partial charge in [0.1, 0.15) is 0 Å². The summed E-state index contributed by atoms with van der Waals surface area (Å²) in [4.78, 5) is 0. The lowest BCUT2D eigenvalue weighted by atomic mass is 9.47. The second-order valence-electron chi connectivity index (χ2n) is 10.4. The first-order chi connectivity index (χ1) is 12.8. The molecule has 0 heterocycles. The highest BCUT2D eigenvalue weighted by atomic mass is 16.3. The lowest BCUT2D eigenvalue weighted by Crippen LogP contribution is -2.55. The molecule has 3 saturated carbocycles. The van der Waals surface area contributed by atoms with Crippen LogP contribution < -0.4 is 0 Å². The maximum atomic E-state index is 11.3. The first-order valence-electron chi connectivity index (χ1n) is 11.2. The van der Waals surface area contributed by atoms with Gasteiger partial charge >= 0.3 is 0 Å². The normalized spacial score (nSPS) is 49.9. The first kappa shape index (κ1) is 19.9. The molecule has 154 valence electrons. The fraction of sp³-hybridized carbons (Fsp3) is 0.913. The van der Waals surface area contributed by atoms with Crippen LogP contribution in [0, 0.1) is 34.5 Å². The van der Waals surface area contributed by atoms with Gasteiger partial charge in [0, 0.05) is 6.61 Å². The minimum absolute atomic E-state index is 0.0171. The molecule has 27 heavy (non-hydrogen) atoms. The van der Waals surface area contributed by atoms with E-state index in [1.807, 2.05) is 0 Å². The zero-order valence-corrected chi connectivity index (χ0v) is 17.0. The van der Waals surface area contributed by atoms with Crippen molar-refractivity contribution < 1.29 is 20.4 Å². The van der Waals surface area contributed by atoms with Crippen LogP contribution in [0.25, 0.3) is 0 Å². The molecule has 6 unspecified atom stereocenters. The molecule has 0 radical (unpaired) electrons. The Labute approximate surface area is 163 Å². The van der Waals surface area contributed by atoms with E-state index in [4.69, 9.17) is 5.11 Å². The average Bonchev–Trinajstić information content (AvgIpc) is 3.24. The van der Waals surface area contributed by atoms with Crippen LogP contribution in [0.15, 0.2) is 11.6 Å². The fourth-order valence-corrected chi connectivity index (χ4v) is 7.57. The van der Waals surface area contributed by atoms with Gasteiger partial charge in [0.15, 0.2) is 0 Å². The summed E-state index contributed by atoms with van der Waals surface area (Å²) in [7, 11) is 0. The number of hydrogen-bond donors (Lipinski definition) is 4. The number of aliphatic hydroxyl groups excluding tert-OH is 4. The van der Waals surface area contributed by atoms with Crippen LogP contribution in [0.5, 0.6) is 0 Å². The zero-order chi connectivity index (χ0) is 19.4. The molecule has 0 bridgehead atoms. The van der Waals surface area contributed by atoms with Crippen molar-refractivity contribution in [1.29, 1.82) is 0 Å². The molecule has 4 rings (SSSR count). The predicted molar refractivity (Wildman–Crippen MR) is 105 cm³/mol. The maximum Gasteiger partial charge on any atom is 0.0724 e. The highest BCUT2D eigenvalue weighted by Gasteiger charge is 2.66. The van der Waals surface area contributed by atoms with Crippen molar-refractivity contribution in [2.24, 2.45) is 34.5 Å². The second kappa shape index (κ2) is 7.12. The monoisotopic (exact) mass is 378 g/mol. The van der Waals surface area contributed by atoms with Gasteiger partial charge in [0.05, 0.1) is 18.3 Å². The van der Waals surface area contributed by atoms with Crippen LogP contribution in [-0.4, -0.2) is 45.3 Å². The first-order valence-corrected chi connectivity index (χ1v) is 11.2. The summed E-state index contributed by atoms with van der Waals surface area (Å²) in [5, 5.41) is 40.7. The van der Waals surface area contributed by atoms with E-state index < -0.39 is 6.10 Å².